The number of fused-ring (bicyclic) bond motifs is 1. The van der Waals surface area contributed by atoms with E-state index in [1.807, 2.05) is 24.3 Å². The zero-order valence-electron chi connectivity index (χ0n) is 17.2. The Bertz CT molecular complexity index is 934. The fraction of sp³-hybridized carbons (Fsp3) is 0.333. The summed E-state index contributed by atoms with van der Waals surface area (Å²) in [4.78, 5) is 10.7. The molecule has 1 aromatic carbocycles. The fourth-order valence-electron chi connectivity index (χ4n) is 3.47. The Kier molecular flexibility index (Phi) is 7.30. The lowest BCUT2D eigenvalue weighted by Crippen LogP contribution is -2.32. The van der Waals surface area contributed by atoms with Crippen LogP contribution in [0.2, 0.25) is 0 Å². The van der Waals surface area contributed by atoms with E-state index in [1.54, 1.807) is 31.7 Å². The van der Waals surface area contributed by atoms with Crippen LogP contribution >= 0.6 is 0 Å². The molecule has 0 radical (unpaired) electrons. The summed E-state index contributed by atoms with van der Waals surface area (Å²) < 4.78 is 14.1. The number of likely N-dealkylation sites (tertiary alicyclic amines) is 1. The molecule has 152 valence electrons. The highest BCUT2D eigenvalue weighted by molar-refractivity contribution is 5.88. The molecule has 3 heterocycles. The van der Waals surface area contributed by atoms with Gasteiger partial charge in [0, 0.05) is 48.7 Å². The van der Waals surface area contributed by atoms with E-state index in [0.717, 1.165) is 34.6 Å². The predicted molar refractivity (Wildman–Crippen MR) is 120 cm³/mol. The van der Waals surface area contributed by atoms with Crippen LogP contribution < -0.4 is 5.32 Å². The van der Waals surface area contributed by atoms with Crippen molar-refractivity contribution in [3.63, 3.8) is 0 Å². The van der Waals surface area contributed by atoms with Crippen LogP contribution in [0.5, 0.6) is 0 Å². The third-order valence-electron chi connectivity index (χ3n) is 5.30. The van der Waals surface area contributed by atoms with E-state index < -0.39 is 0 Å². The van der Waals surface area contributed by atoms with Crippen molar-refractivity contribution in [2.24, 2.45) is 5.92 Å². The molecule has 1 saturated heterocycles. The van der Waals surface area contributed by atoms with Crippen LogP contribution in [0.3, 0.4) is 0 Å². The molecule has 0 aliphatic carbocycles. The molecule has 4 nitrogen and oxygen atoms in total. The Morgan fingerprint density at radius 2 is 2.00 bits per heavy atom. The smallest absolute Gasteiger partial charge is 0.131 e. The molecule has 0 unspecified atom stereocenters. The highest BCUT2D eigenvalue weighted by atomic mass is 19.1. The number of nitrogens with one attached hydrogen (secondary N) is 1. The Hall–Kier alpha value is -2.79. The molecular weight excluding hydrogens is 363 g/mol. The van der Waals surface area contributed by atoms with Gasteiger partial charge in [0.2, 0.25) is 0 Å². The summed E-state index contributed by atoms with van der Waals surface area (Å²) in [5.41, 5.74) is 1.32. The first kappa shape index (κ1) is 20.9. The number of pyridine rings is 2. The maximum atomic E-state index is 14.1. The van der Waals surface area contributed by atoms with Crippen molar-refractivity contribution in [1.29, 1.82) is 0 Å². The van der Waals surface area contributed by atoms with Gasteiger partial charge in [-0.25, -0.2) is 9.37 Å². The second-order valence-electron chi connectivity index (χ2n) is 7.51. The van der Waals surface area contributed by atoms with Crippen LogP contribution in [0, 0.1) is 11.7 Å². The third kappa shape index (κ3) is 5.61. The van der Waals surface area contributed by atoms with Crippen LogP contribution in [-0.4, -0.2) is 41.5 Å². The quantitative estimate of drug-likeness (QED) is 0.605. The molecule has 1 aliphatic rings. The number of rotatable bonds is 4. The van der Waals surface area contributed by atoms with Gasteiger partial charge in [-0.15, -0.1) is 6.58 Å². The maximum Gasteiger partial charge on any atom is 0.131 e. The van der Waals surface area contributed by atoms with E-state index >= 15 is 0 Å². The van der Waals surface area contributed by atoms with Crippen LogP contribution in [0.15, 0.2) is 61.6 Å². The molecule has 0 saturated carbocycles. The summed E-state index contributed by atoms with van der Waals surface area (Å²) in [6.45, 7) is 9.69. The van der Waals surface area contributed by atoms with E-state index in [9.17, 15) is 4.39 Å². The number of nitrogens with zero attached hydrogens (tertiary/aromatic N) is 3. The van der Waals surface area contributed by atoms with Gasteiger partial charge >= 0.3 is 0 Å². The Morgan fingerprint density at radius 3 is 2.66 bits per heavy atom. The van der Waals surface area contributed by atoms with Crippen molar-refractivity contribution in [2.75, 3.05) is 32.0 Å². The summed E-state index contributed by atoms with van der Waals surface area (Å²) >= 11 is 0. The van der Waals surface area contributed by atoms with Gasteiger partial charge in [-0.2, -0.15) is 0 Å². The highest BCUT2D eigenvalue weighted by Crippen LogP contribution is 2.27. The van der Waals surface area contributed by atoms with Gasteiger partial charge in [-0.3, -0.25) is 9.88 Å². The number of benzene rings is 1. The molecule has 0 spiro atoms. The van der Waals surface area contributed by atoms with E-state index in [-0.39, 0.29) is 5.82 Å². The number of aromatic nitrogens is 2. The van der Waals surface area contributed by atoms with Gasteiger partial charge in [-0.05, 0) is 61.5 Å². The molecule has 3 aromatic rings. The normalized spacial score (nSPS) is 14.9. The minimum Gasteiger partial charge on any atom is -0.373 e. The largest absolute Gasteiger partial charge is 0.373 e. The van der Waals surface area contributed by atoms with Crippen LogP contribution in [-0.2, 0) is 0 Å². The molecule has 1 N–H and O–H groups in total. The number of hydrogen-bond donors (Lipinski definition) is 1. The number of halogens is 1. The highest BCUT2D eigenvalue weighted by Gasteiger charge is 2.13. The molecule has 0 amide bonds. The van der Waals surface area contributed by atoms with Crippen molar-refractivity contribution in [1.82, 2.24) is 14.9 Å². The Balaban J connectivity index is 0.000000204. The van der Waals surface area contributed by atoms with Crippen LogP contribution in [0.25, 0.3) is 21.9 Å². The maximum absolute atomic E-state index is 14.1. The first-order valence-corrected chi connectivity index (χ1v) is 10.1. The topological polar surface area (TPSA) is 41.0 Å². The van der Waals surface area contributed by atoms with Gasteiger partial charge < -0.3 is 5.32 Å². The van der Waals surface area contributed by atoms with E-state index in [4.69, 9.17) is 0 Å². The van der Waals surface area contributed by atoms with Gasteiger partial charge in [0.25, 0.3) is 0 Å². The van der Waals surface area contributed by atoms with Crippen molar-refractivity contribution in [3.8, 4) is 11.1 Å². The predicted octanol–water partition coefficient (Wildman–Crippen LogP) is 5.38. The van der Waals surface area contributed by atoms with Crippen molar-refractivity contribution < 1.29 is 4.39 Å². The average Bonchev–Trinajstić information content (AvgIpc) is 2.76. The molecule has 1 fully saturated rings. The standard InChI is InChI=1S/C15H12FN3.C9H17N/c1-17-15-7-11-5-13(10-3-2-4-18-8-10)14(16)6-12(11)9-19-15;1-3-6-10-7-4-9(2)5-8-10/h2-9H,1H3,(H,17,19);3,9H,1,4-8H2,2H3. The monoisotopic (exact) mass is 392 g/mol. The summed E-state index contributed by atoms with van der Waals surface area (Å²) in [5.74, 6) is 1.44. The average molecular weight is 393 g/mol. The fourth-order valence-corrected chi connectivity index (χ4v) is 3.47. The van der Waals surface area contributed by atoms with Gasteiger partial charge in [0.15, 0.2) is 0 Å². The summed E-state index contributed by atoms with van der Waals surface area (Å²) in [7, 11) is 1.81. The minimum atomic E-state index is -0.264. The SMILES string of the molecule is C=CCN1CCC(C)CC1.CNc1cc2cc(-c3cccnc3)c(F)cc2cn1. The molecule has 29 heavy (non-hydrogen) atoms. The number of hydrogen-bond acceptors (Lipinski definition) is 4. The molecule has 2 aromatic heterocycles. The van der Waals surface area contributed by atoms with Crippen LogP contribution in [0.4, 0.5) is 10.2 Å². The van der Waals surface area contributed by atoms with Crippen molar-refractivity contribution in [2.45, 2.75) is 19.8 Å². The van der Waals surface area contributed by atoms with Gasteiger partial charge in [-0.1, -0.05) is 19.1 Å². The lowest BCUT2D eigenvalue weighted by atomic mass is 9.99. The summed E-state index contributed by atoms with van der Waals surface area (Å²) in [5, 5.41) is 4.70. The number of piperidine rings is 1. The van der Waals surface area contributed by atoms with E-state index in [0.29, 0.717) is 5.56 Å². The van der Waals surface area contributed by atoms with Crippen LogP contribution in [0.1, 0.15) is 19.8 Å². The zero-order valence-corrected chi connectivity index (χ0v) is 17.2. The molecule has 4 rings (SSSR count). The van der Waals surface area contributed by atoms with E-state index in [1.165, 1.54) is 32.0 Å². The first-order valence-electron chi connectivity index (χ1n) is 10.1. The zero-order chi connectivity index (χ0) is 20.6. The molecule has 1 aliphatic heterocycles. The van der Waals surface area contributed by atoms with Gasteiger partial charge in [0.05, 0.1) is 0 Å². The number of anilines is 1. The van der Waals surface area contributed by atoms with E-state index in [2.05, 4.69) is 33.7 Å². The third-order valence-corrected chi connectivity index (χ3v) is 5.30. The summed E-state index contributed by atoms with van der Waals surface area (Å²) in [6, 6.07) is 8.87. The Morgan fingerprint density at radius 1 is 1.21 bits per heavy atom. The summed E-state index contributed by atoms with van der Waals surface area (Å²) in [6.07, 6.45) is 9.73. The molecular formula is C24H29FN4. The molecule has 5 heteroatoms. The minimum absolute atomic E-state index is 0.264. The first-order chi connectivity index (χ1) is 14.1. The van der Waals surface area contributed by atoms with Crippen molar-refractivity contribution in [3.05, 3.63) is 67.4 Å². The lowest BCUT2D eigenvalue weighted by Gasteiger charge is -2.28. The second-order valence-corrected chi connectivity index (χ2v) is 7.51. The lowest BCUT2D eigenvalue weighted by molar-refractivity contribution is 0.210. The van der Waals surface area contributed by atoms with Gasteiger partial charge in [0.1, 0.15) is 11.6 Å². The Labute approximate surface area is 172 Å². The second kappa shape index (κ2) is 10.1. The molecule has 0 bridgehead atoms. The molecule has 0 atom stereocenters. The van der Waals surface area contributed by atoms with Crippen molar-refractivity contribution >= 4 is 16.6 Å².